The Morgan fingerprint density at radius 3 is 2.82 bits per heavy atom. The van der Waals surface area contributed by atoms with Crippen molar-refractivity contribution in [2.24, 2.45) is 9.98 Å². The molecule has 0 heterocycles. The van der Waals surface area contributed by atoms with Gasteiger partial charge < -0.3 is 5.43 Å². The molecular formula is C6H11IN4. The van der Waals surface area contributed by atoms with Crippen LogP contribution in [-0.4, -0.2) is 17.1 Å². The molecule has 0 unspecified atom stereocenters. The van der Waals surface area contributed by atoms with Gasteiger partial charge in [0, 0.05) is 48.3 Å². The first kappa shape index (κ1) is 10.6. The van der Waals surface area contributed by atoms with E-state index in [1.807, 2.05) is 29.5 Å². The third kappa shape index (κ3) is 7.47. The predicted octanol–water partition coefficient (Wildman–Crippen LogP) is 1.06. The van der Waals surface area contributed by atoms with E-state index in [2.05, 4.69) is 20.8 Å². The maximum atomic E-state index is 3.97. The second-order valence-corrected chi connectivity index (χ2v) is 2.46. The first-order valence-electron chi connectivity index (χ1n) is 3.10. The molecule has 0 aromatic rings. The molecule has 0 atom stereocenters. The molecular weight excluding hydrogens is 255 g/mol. The third-order valence-corrected chi connectivity index (χ3v) is 1.28. The van der Waals surface area contributed by atoms with E-state index < -0.39 is 0 Å². The first-order valence-corrected chi connectivity index (χ1v) is 4.18. The van der Waals surface area contributed by atoms with Crippen molar-refractivity contribution in [2.75, 3.05) is 7.05 Å². The van der Waals surface area contributed by atoms with Gasteiger partial charge in [0.15, 0.2) is 3.84 Å². The van der Waals surface area contributed by atoms with Crippen LogP contribution < -0.4 is 10.9 Å². The van der Waals surface area contributed by atoms with Crippen molar-refractivity contribution in [2.45, 2.75) is 6.92 Å². The van der Waals surface area contributed by atoms with Gasteiger partial charge in [-0.3, -0.25) is 0 Å². The Labute approximate surface area is 80.0 Å². The van der Waals surface area contributed by atoms with Crippen LogP contribution in [-0.2, 0) is 0 Å². The highest BCUT2D eigenvalue weighted by Crippen LogP contribution is 1.91. The SMILES string of the molecule is C\C=N/C(I)=N/C=C\NNC. The van der Waals surface area contributed by atoms with Crippen LogP contribution in [0.25, 0.3) is 0 Å². The average molecular weight is 266 g/mol. The number of hydrogen-bond donors (Lipinski definition) is 2. The van der Waals surface area contributed by atoms with E-state index in [9.17, 15) is 0 Å². The van der Waals surface area contributed by atoms with E-state index in [1.54, 1.807) is 25.7 Å². The molecule has 0 aliphatic carbocycles. The Bertz CT molecular complexity index is 173. The van der Waals surface area contributed by atoms with Crippen molar-refractivity contribution >= 4 is 32.6 Å². The Morgan fingerprint density at radius 2 is 2.27 bits per heavy atom. The molecule has 0 aliphatic rings. The molecule has 0 saturated heterocycles. The van der Waals surface area contributed by atoms with Gasteiger partial charge in [-0.25, -0.2) is 15.4 Å². The molecule has 0 fully saturated rings. The van der Waals surface area contributed by atoms with Crippen LogP contribution in [0.5, 0.6) is 0 Å². The molecule has 4 nitrogen and oxygen atoms in total. The standard InChI is InChI=1S/C6H11IN4/c1-3-9-6(7)10-4-5-11-8-2/h3-5,8,11H,1-2H3/b5-4-,9-3-,10-6+. The lowest BCUT2D eigenvalue weighted by molar-refractivity contribution is 0.729. The van der Waals surface area contributed by atoms with E-state index in [0.29, 0.717) is 3.84 Å². The van der Waals surface area contributed by atoms with E-state index in [1.165, 1.54) is 0 Å². The van der Waals surface area contributed by atoms with Crippen molar-refractivity contribution in [3.05, 3.63) is 12.4 Å². The number of hydrazine groups is 1. The summed E-state index contributed by atoms with van der Waals surface area (Å²) >= 11 is 2.05. The Kier molecular flexibility index (Phi) is 7.37. The van der Waals surface area contributed by atoms with Crippen LogP contribution in [0.3, 0.4) is 0 Å². The molecule has 11 heavy (non-hydrogen) atoms. The van der Waals surface area contributed by atoms with Crippen molar-refractivity contribution in [3.63, 3.8) is 0 Å². The number of nitrogens with one attached hydrogen (secondary N) is 2. The summed E-state index contributed by atoms with van der Waals surface area (Å²) in [5.41, 5.74) is 5.48. The number of amidine groups is 1. The van der Waals surface area contributed by atoms with Crippen LogP contribution >= 0.6 is 22.6 Å². The van der Waals surface area contributed by atoms with Gasteiger partial charge in [-0.2, -0.15) is 0 Å². The van der Waals surface area contributed by atoms with Gasteiger partial charge in [0.1, 0.15) is 0 Å². The molecule has 0 rings (SSSR count). The summed E-state index contributed by atoms with van der Waals surface area (Å²) in [7, 11) is 1.78. The van der Waals surface area contributed by atoms with Crippen molar-refractivity contribution < 1.29 is 0 Å². The normalized spacial score (nSPS) is 13.2. The quantitative estimate of drug-likeness (QED) is 0.264. The van der Waals surface area contributed by atoms with Gasteiger partial charge in [0.2, 0.25) is 0 Å². The number of halogens is 1. The smallest absolute Gasteiger partial charge is 0.190 e. The lowest BCUT2D eigenvalue weighted by Crippen LogP contribution is -2.20. The molecule has 0 radical (unpaired) electrons. The summed E-state index contributed by atoms with van der Waals surface area (Å²) in [4.78, 5) is 7.91. The van der Waals surface area contributed by atoms with Crippen LogP contribution in [0.2, 0.25) is 0 Å². The maximum absolute atomic E-state index is 3.97. The number of nitrogens with zero attached hydrogens (tertiary/aromatic N) is 2. The van der Waals surface area contributed by atoms with Gasteiger partial charge in [-0.05, 0) is 6.92 Å². The summed E-state index contributed by atoms with van der Waals surface area (Å²) in [5, 5.41) is 0. The number of rotatable bonds is 3. The molecule has 5 heteroatoms. The minimum absolute atomic E-state index is 0.708. The minimum Gasteiger partial charge on any atom is -0.327 e. The van der Waals surface area contributed by atoms with E-state index in [0.717, 1.165) is 0 Å². The van der Waals surface area contributed by atoms with Crippen LogP contribution in [0.4, 0.5) is 0 Å². The van der Waals surface area contributed by atoms with Gasteiger partial charge in [0.25, 0.3) is 0 Å². The summed E-state index contributed by atoms with van der Waals surface area (Å²) in [6.45, 7) is 1.85. The van der Waals surface area contributed by atoms with Gasteiger partial charge >= 0.3 is 0 Å². The highest BCUT2D eigenvalue weighted by atomic mass is 127. The summed E-state index contributed by atoms with van der Waals surface area (Å²) in [5.74, 6) is 0. The lowest BCUT2D eigenvalue weighted by Gasteiger charge is -1.90. The monoisotopic (exact) mass is 266 g/mol. The predicted molar refractivity (Wildman–Crippen MR) is 57.0 cm³/mol. The maximum Gasteiger partial charge on any atom is 0.190 e. The van der Waals surface area contributed by atoms with Gasteiger partial charge in [-0.1, -0.05) is 0 Å². The topological polar surface area (TPSA) is 48.8 Å². The van der Waals surface area contributed by atoms with Crippen molar-refractivity contribution in [1.82, 2.24) is 10.9 Å². The highest BCUT2D eigenvalue weighted by molar-refractivity contribution is 14.1. The minimum atomic E-state index is 0.708. The second kappa shape index (κ2) is 7.67. The summed E-state index contributed by atoms with van der Waals surface area (Å²) in [6, 6.07) is 0. The average Bonchev–Trinajstić information content (AvgIpc) is 1.99. The molecule has 0 amide bonds. The first-order chi connectivity index (χ1) is 5.31. The fourth-order valence-electron chi connectivity index (χ4n) is 0.359. The lowest BCUT2D eigenvalue weighted by atomic mass is 10.9. The molecule has 0 aromatic heterocycles. The fraction of sp³-hybridized carbons (Fsp3) is 0.333. The van der Waals surface area contributed by atoms with Crippen LogP contribution in [0.15, 0.2) is 22.4 Å². The molecule has 0 bridgehead atoms. The highest BCUT2D eigenvalue weighted by Gasteiger charge is 1.79. The van der Waals surface area contributed by atoms with E-state index in [4.69, 9.17) is 0 Å². The van der Waals surface area contributed by atoms with E-state index in [-0.39, 0.29) is 0 Å². The second-order valence-electron chi connectivity index (χ2n) is 1.50. The zero-order valence-corrected chi connectivity index (χ0v) is 8.66. The van der Waals surface area contributed by atoms with Crippen molar-refractivity contribution in [1.29, 1.82) is 0 Å². The molecule has 0 aromatic carbocycles. The Hall–Kier alpha value is -0.430. The summed E-state index contributed by atoms with van der Waals surface area (Å²) < 4.78 is 0.708. The van der Waals surface area contributed by atoms with Crippen LogP contribution in [0, 0.1) is 0 Å². The van der Waals surface area contributed by atoms with Crippen LogP contribution in [0.1, 0.15) is 6.92 Å². The number of hydrogen-bond acceptors (Lipinski definition) is 3. The summed E-state index contributed by atoms with van der Waals surface area (Å²) in [6.07, 6.45) is 5.01. The van der Waals surface area contributed by atoms with Crippen molar-refractivity contribution in [3.8, 4) is 0 Å². The van der Waals surface area contributed by atoms with Gasteiger partial charge in [0.05, 0.1) is 0 Å². The molecule has 0 aliphatic heterocycles. The molecule has 0 saturated carbocycles. The number of aliphatic imine (C=N–C) groups is 2. The molecule has 2 N–H and O–H groups in total. The zero-order valence-electron chi connectivity index (χ0n) is 6.50. The third-order valence-electron chi connectivity index (χ3n) is 0.719. The molecule has 0 spiro atoms. The Morgan fingerprint density at radius 1 is 1.55 bits per heavy atom. The fourth-order valence-corrected chi connectivity index (χ4v) is 0.799. The largest absolute Gasteiger partial charge is 0.327 e. The van der Waals surface area contributed by atoms with E-state index >= 15 is 0 Å². The molecule has 62 valence electrons. The zero-order chi connectivity index (χ0) is 8.53. The Balaban J connectivity index is 3.71. The van der Waals surface area contributed by atoms with Gasteiger partial charge in [-0.15, -0.1) is 0 Å².